The smallest absolute Gasteiger partial charge is 0.0920 e. The Morgan fingerprint density at radius 2 is 1.59 bits per heavy atom. The average Bonchev–Trinajstić information content (AvgIpc) is 3.54. The Balaban J connectivity index is 0.000000184. The van der Waals surface area contributed by atoms with Crippen LogP contribution in [0.4, 0.5) is 0 Å². The van der Waals surface area contributed by atoms with E-state index in [1.165, 1.54) is 79.4 Å². The van der Waals surface area contributed by atoms with E-state index in [1.54, 1.807) is 0 Å². The number of hydrogen-bond acceptors (Lipinski definition) is 0. The van der Waals surface area contributed by atoms with Crippen LogP contribution in [0.3, 0.4) is 0 Å². The zero-order chi connectivity index (χ0) is 27.8. The second-order valence-electron chi connectivity index (χ2n) is 10.2. The number of halogens is 2. The van der Waals surface area contributed by atoms with Crippen molar-refractivity contribution in [2.24, 2.45) is 0 Å². The van der Waals surface area contributed by atoms with E-state index in [9.17, 15) is 0 Å². The molecule has 0 fully saturated rings. The van der Waals surface area contributed by atoms with Crippen molar-refractivity contribution in [1.29, 1.82) is 0 Å². The summed E-state index contributed by atoms with van der Waals surface area (Å²) >= 11 is -0.826. The Hall–Kier alpha value is -1.83. The summed E-state index contributed by atoms with van der Waals surface area (Å²) in [5.41, 5.74) is 9.89. The predicted molar refractivity (Wildman–Crippen MR) is 170 cm³/mol. The van der Waals surface area contributed by atoms with Crippen molar-refractivity contribution in [2.45, 2.75) is 52.9 Å². The summed E-state index contributed by atoms with van der Waals surface area (Å²) in [5.74, 6) is 0.537. The monoisotopic (exact) mass is 642 g/mol. The van der Waals surface area contributed by atoms with Crippen molar-refractivity contribution >= 4 is 47.7 Å². The largest absolute Gasteiger partial charge is 0.184 e. The fourth-order valence-corrected chi connectivity index (χ4v) is 6.60. The maximum atomic E-state index is 4.93. The molecule has 0 unspecified atom stereocenters. The van der Waals surface area contributed by atoms with Gasteiger partial charge >= 0.3 is 37.9 Å². The van der Waals surface area contributed by atoms with Crippen molar-refractivity contribution in [3.63, 3.8) is 0 Å². The van der Waals surface area contributed by atoms with Crippen LogP contribution in [0.25, 0.3) is 33.0 Å². The molecule has 0 aliphatic carbocycles. The average molecular weight is 645 g/mol. The van der Waals surface area contributed by atoms with Gasteiger partial charge in [-0.1, -0.05) is 104 Å². The van der Waals surface area contributed by atoms with Gasteiger partial charge in [-0.25, -0.2) is 0 Å². The van der Waals surface area contributed by atoms with E-state index in [0.717, 1.165) is 9.52 Å². The Morgan fingerprint density at radius 3 is 2.33 bits per heavy atom. The van der Waals surface area contributed by atoms with Gasteiger partial charge in [-0.05, 0) is 30.4 Å². The minimum atomic E-state index is -0.826. The molecule has 196 valence electrons. The van der Waals surface area contributed by atoms with Gasteiger partial charge in [0.15, 0.2) is 0 Å². The molecular formula is C35H34Cl2SiZr. The minimum Gasteiger partial charge on any atom is -0.184 e. The molecule has 5 aromatic rings. The van der Waals surface area contributed by atoms with Gasteiger partial charge in [-0.2, -0.15) is 35.5 Å². The van der Waals surface area contributed by atoms with Gasteiger partial charge in [0.25, 0.3) is 0 Å². The first-order chi connectivity index (χ1) is 19.0. The predicted octanol–water partition coefficient (Wildman–Crippen LogP) is 9.50. The van der Waals surface area contributed by atoms with Crippen LogP contribution >= 0.6 is 17.0 Å². The van der Waals surface area contributed by atoms with Crippen molar-refractivity contribution in [3.05, 3.63) is 114 Å². The Kier molecular flexibility index (Phi) is 11.4. The van der Waals surface area contributed by atoms with Crippen molar-refractivity contribution in [3.8, 4) is 22.3 Å². The van der Waals surface area contributed by atoms with Crippen LogP contribution in [0.1, 0.15) is 56.2 Å². The normalized spacial score (nSPS) is 11.2. The van der Waals surface area contributed by atoms with Crippen LogP contribution < -0.4 is 10.4 Å². The number of hydrogen-bond donors (Lipinski definition) is 0. The molecule has 39 heavy (non-hydrogen) atoms. The zero-order valence-corrected chi connectivity index (χ0v) is 28.1. The molecule has 0 aromatic heterocycles. The molecule has 0 atom stereocenters. The molecule has 0 saturated heterocycles. The number of rotatable bonds is 5. The van der Waals surface area contributed by atoms with E-state index in [2.05, 4.69) is 119 Å². The molecule has 0 spiro atoms. The summed E-state index contributed by atoms with van der Waals surface area (Å²) in [6.07, 6.45) is 3.71. The van der Waals surface area contributed by atoms with Gasteiger partial charge in [-0.3, -0.25) is 0 Å². The first-order valence-corrected chi connectivity index (χ1v) is 20.9. The van der Waals surface area contributed by atoms with E-state index >= 15 is 0 Å². The third kappa shape index (κ3) is 7.28. The number of aryl methyl sites for hydroxylation is 2. The van der Waals surface area contributed by atoms with E-state index in [1.807, 2.05) is 6.07 Å². The molecule has 1 aliphatic rings. The molecule has 0 N–H and O–H groups in total. The first kappa shape index (κ1) is 30.1. The van der Waals surface area contributed by atoms with Crippen LogP contribution in [-0.4, -0.2) is 9.52 Å². The fraction of sp³-hybridized carbons (Fsp3) is 0.229. The Morgan fingerprint density at radius 1 is 0.897 bits per heavy atom. The summed E-state index contributed by atoms with van der Waals surface area (Å²) < 4.78 is 0. The molecule has 5 aromatic carbocycles. The van der Waals surface area contributed by atoms with Crippen molar-refractivity contribution in [1.82, 2.24) is 0 Å². The fourth-order valence-electron chi connectivity index (χ4n) is 5.29. The number of unbranched alkanes of at least 4 members (excludes halogenated alkanes) is 1. The van der Waals surface area contributed by atoms with Gasteiger partial charge in [0, 0.05) is 0 Å². The second-order valence-corrected chi connectivity index (χ2v) is 15.2. The molecule has 6 rings (SSSR count). The molecule has 2 radical (unpaired) electrons. The summed E-state index contributed by atoms with van der Waals surface area (Å²) in [6.45, 7) is 9.07. The van der Waals surface area contributed by atoms with Crippen LogP contribution in [0.15, 0.2) is 91.0 Å². The number of fused-ring (bicyclic) bond motifs is 4. The van der Waals surface area contributed by atoms with E-state index in [0.29, 0.717) is 5.92 Å². The molecule has 0 amide bonds. The zero-order valence-electron chi connectivity index (χ0n) is 23.1. The van der Waals surface area contributed by atoms with Crippen LogP contribution in [0, 0.1) is 13.0 Å². The maximum absolute atomic E-state index is 4.93. The van der Waals surface area contributed by atoms with Crippen LogP contribution in [0.2, 0.25) is 0 Å². The molecule has 0 bridgehead atoms. The topological polar surface area (TPSA) is 0 Å². The summed E-state index contributed by atoms with van der Waals surface area (Å²) in [7, 11) is 10.7. The minimum absolute atomic E-state index is 0.537. The molecule has 0 saturated carbocycles. The maximum Gasteiger partial charge on any atom is 0.0920 e. The van der Waals surface area contributed by atoms with Crippen LogP contribution in [0.5, 0.6) is 0 Å². The third-order valence-electron chi connectivity index (χ3n) is 7.16. The first-order valence-electron chi connectivity index (χ1n) is 13.6. The van der Waals surface area contributed by atoms with Gasteiger partial charge in [0.2, 0.25) is 0 Å². The Labute approximate surface area is 255 Å². The second kappa shape index (κ2) is 14.7. The summed E-state index contributed by atoms with van der Waals surface area (Å²) in [5, 5.41) is 5.63. The van der Waals surface area contributed by atoms with E-state index < -0.39 is 20.8 Å². The SMILES string of the molecule is CCCCc1cc2c(-c3ccccc3C(C)C)c(C)ccc2[cH-]1.[Cl][Zr+2][Cl].[c-]1cccc2c1[Si]c1ccccc1-2. The molecular weight excluding hydrogens is 611 g/mol. The summed E-state index contributed by atoms with van der Waals surface area (Å²) in [6, 6.07) is 36.4. The van der Waals surface area contributed by atoms with Crippen molar-refractivity contribution < 1.29 is 20.8 Å². The van der Waals surface area contributed by atoms with Crippen molar-refractivity contribution in [2.75, 3.05) is 0 Å². The number of benzene rings is 4. The van der Waals surface area contributed by atoms with Gasteiger partial charge in [0.05, 0.1) is 9.52 Å². The van der Waals surface area contributed by atoms with Gasteiger partial charge in [0.1, 0.15) is 0 Å². The van der Waals surface area contributed by atoms with Gasteiger partial charge < -0.3 is 0 Å². The molecule has 4 heteroatoms. The quantitative estimate of drug-likeness (QED) is 0.130. The standard InChI is InChI=1S/C23H27.C12H7Si.2ClH.Zr/c1-5-6-9-18-14-19-13-12-17(4)23(22(19)15-18)21-11-8-7-10-20(21)16(2)3;1-3-7-11-9(5-1)10-6-2-4-8-12(10)13-11;;;/h7-8,10-16H,5-6,9H2,1-4H3;1-7H;2*1H;/q2*-1;;;+4/p-2. The molecule has 0 nitrogen and oxygen atoms in total. The molecule has 1 aliphatic heterocycles. The third-order valence-corrected chi connectivity index (χ3v) is 8.53. The Bertz CT molecular complexity index is 1480. The molecule has 1 heterocycles. The summed E-state index contributed by atoms with van der Waals surface area (Å²) in [4.78, 5) is 0. The van der Waals surface area contributed by atoms with Gasteiger partial charge in [-0.15, -0.1) is 40.1 Å². The van der Waals surface area contributed by atoms with Crippen LogP contribution in [-0.2, 0) is 27.3 Å². The van der Waals surface area contributed by atoms with E-state index in [-0.39, 0.29) is 0 Å². The van der Waals surface area contributed by atoms with E-state index in [4.69, 9.17) is 17.0 Å².